The molecule has 0 aliphatic heterocycles. The molecular formula is C26H29N5OS. The molecule has 1 aliphatic carbocycles. The van der Waals surface area contributed by atoms with E-state index in [9.17, 15) is 4.79 Å². The van der Waals surface area contributed by atoms with Gasteiger partial charge in [0.2, 0.25) is 0 Å². The number of imidazole rings is 1. The molecule has 5 rings (SSSR count). The van der Waals surface area contributed by atoms with Gasteiger partial charge in [-0.1, -0.05) is 24.3 Å². The lowest BCUT2D eigenvalue weighted by molar-refractivity contribution is 0.0927. The van der Waals surface area contributed by atoms with Gasteiger partial charge in [0.05, 0.1) is 10.4 Å². The Morgan fingerprint density at radius 2 is 1.82 bits per heavy atom. The van der Waals surface area contributed by atoms with Crippen LogP contribution >= 0.6 is 11.3 Å². The first-order chi connectivity index (χ1) is 16.0. The van der Waals surface area contributed by atoms with Gasteiger partial charge in [-0.3, -0.25) is 9.20 Å². The van der Waals surface area contributed by atoms with Crippen molar-refractivity contribution < 1.29 is 4.79 Å². The minimum Gasteiger partial charge on any atom is -0.349 e. The molecule has 0 radical (unpaired) electrons. The molecule has 1 fully saturated rings. The number of thiophene rings is 1. The maximum atomic E-state index is 13.3. The molecule has 170 valence electrons. The number of carbonyl (C=O) groups is 1. The first kappa shape index (κ1) is 21.7. The highest BCUT2D eigenvalue weighted by atomic mass is 32.1. The Hall–Kier alpha value is -3.16. The molecule has 0 unspecified atom stereocenters. The number of para-hydroxylation sites is 1. The molecule has 6 nitrogen and oxygen atoms in total. The van der Waals surface area contributed by atoms with Crippen molar-refractivity contribution in [1.82, 2.24) is 14.7 Å². The van der Waals surface area contributed by atoms with Gasteiger partial charge in [0.15, 0.2) is 5.65 Å². The number of nitrogens with one attached hydrogen (secondary N) is 2. The maximum Gasteiger partial charge on any atom is 0.255 e. The molecule has 7 heteroatoms. The van der Waals surface area contributed by atoms with Crippen molar-refractivity contribution in [3.05, 3.63) is 70.7 Å². The fourth-order valence-corrected chi connectivity index (χ4v) is 5.32. The van der Waals surface area contributed by atoms with Crippen LogP contribution in [0, 0.1) is 13.8 Å². The lowest BCUT2D eigenvalue weighted by Gasteiger charge is -2.26. The normalized spacial score (nSPS) is 18.4. The van der Waals surface area contributed by atoms with E-state index in [0.29, 0.717) is 11.2 Å². The van der Waals surface area contributed by atoms with Gasteiger partial charge >= 0.3 is 0 Å². The molecule has 3 heterocycles. The first-order valence-electron chi connectivity index (χ1n) is 11.5. The molecule has 33 heavy (non-hydrogen) atoms. The SMILES string of the molecule is Cc1cccc(C)c1Nc1c(-c2cccs2)nc2c(C(=O)NC3CCC(N)CC3)cccn12. The molecule has 0 saturated heterocycles. The standard InChI is InChI=1S/C26H29N5OS/c1-16-6-3-7-17(2)22(16)29-25-23(21-9-5-15-33-21)30-24-20(8-4-14-31(24)25)26(32)28-19-12-10-18(27)11-13-19/h3-9,14-15,18-19,29H,10-13,27H2,1-2H3,(H,28,32). The summed E-state index contributed by atoms with van der Waals surface area (Å²) in [4.78, 5) is 19.3. The average Bonchev–Trinajstić information content (AvgIpc) is 3.46. The quantitative estimate of drug-likeness (QED) is 0.372. The molecule has 1 amide bonds. The van der Waals surface area contributed by atoms with Crippen LogP contribution in [0.2, 0.25) is 0 Å². The number of hydrogen-bond acceptors (Lipinski definition) is 5. The summed E-state index contributed by atoms with van der Waals surface area (Å²) >= 11 is 1.64. The van der Waals surface area contributed by atoms with Crippen molar-refractivity contribution in [2.24, 2.45) is 5.73 Å². The number of aryl methyl sites for hydroxylation is 2. The van der Waals surface area contributed by atoms with Crippen LogP contribution in [-0.4, -0.2) is 27.4 Å². The Morgan fingerprint density at radius 1 is 1.06 bits per heavy atom. The van der Waals surface area contributed by atoms with Crippen LogP contribution in [0.1, 0.15) is 47.2 Å². The predicted octanol–water partition coefficient (Wildman–Crippen LogP) is 5.42. The third kappa shape index (κ3) is 4.26. The summed E-state index contributed by atoms with van der Waals surface area (Å²) in [7, 11) is 0. The maximum absolute atomic E-state index is 13.3. The highest BCUT2D eigenvalue weighted by Gasteiger charge is 2.24. The molecule has 1 saturated carbocycles. The zero-order chi connectivity index (χ0) is 22.9. The summed E-state index contributed by atoms with van der Waals surface area (Å²) in [5, 5.41) is 8.89. The van der Waals surface area contributed by atoms with Crippen LogP contribution in [0.25, 0.3) is 16.2 Å². The molecule has 0 spiro atoms. The molecule has 0 atom stereocenters. The van der Waals surface area contributed by atoms with Gasteiger partial charge in [-0.15, -0.1) is 11.3 Å². The van der Waals surface area contributed by atoms with E-state index in [0.717, 1.165) is 58.9 Å². The minimum absolute atomic E-state index is 0.0811. The van der Waals surface area contributed by atoms with Gasteiger partial charge in [0, 0.05) is 24.0 Å². The van der Waals surface area contributed by atoms with Crippen LogP contribution in [0.5, 0.6) is 0 Å². The number of benzene rings is 1. The fourth-order valence-electron chi connectivity index (χ4n) is 4.61. The van der Waals surface area contributed by atoms with Crippen LogP contribution in [0.4, 0.5) is 11.5 Å². The van der Waals surface area contributed by atoms with Crippen LogP contribution in [0.15, 0.2) is 54.0 Å². The van der Waals surface area contributed by atoms with E-state index in [4.69, 9.17) is 10.7 Å². The number of aromatic nitrogens is 2. The topological polar surface area (TPSA) is 84.5 Å². The molecule has 0 bridgehead atoms. The van der Waals surface area contributed by atoms with Gasteiger partial charge in [-0.05, 0) is 74.2 Å². The van der Waals surface area contributed by atoms with Crippen molar-refractivity contribution in [3.8, 4) is 10.6 Å². The highest BCUT2D eigenvalue weighted by molar-refractivity contribution is 7.13. The second-order valence-corrected chi connectivity index (χ2v) is 9.83. The van der Waals surface area contributed by atoms with Crippen molar-refractivity contribution in [1.29, 1.82) is 0 Å². The third-order valence-corrected chi connectivity index (χ3v) is 7.36. The molecule has 1 aromatic carbocycles. The summed E-state index contributed by atoms with van der Waals surface area (Å²) in [5.41, 5.74) is 11.5. The Bertz CT molecular complexity index is 1270. The Kier molecular flexibility index (Phi) is 5.91. The second kappa shape index (κ2) is 9.00. The largest absolute Gasteiger partial charge is 0.349 e. The lowest BCUT2D eigenvalue weighted by Crippen LogP contribution is -2.40. The number of nitrogens with two attached hydrogens (primary N) is 1. The zero-order valence-corrected chi connectivity index (χ0v) is 19.8. The molecule has 1 aliphatic rings. The van der Waals surface area contributed by atoms with Crippen molar-refractivity contribution in [2.45, 2.75) is 51.6 Å². The van der Waals surface area contributed by atoms with Crippen molar-refractivity contribution in [3.63, 3.8) is 0 Å². The average molecular weight is 460 g/mol. The monoisotopic (exact) mass is 459 g/mol. The highest BCUT2D eigenvalue weighted by Crippen LogP contribution is 2.36. The van der Waals surface area contributed by atoms with Gasteiger partial charge in [-0.2, -0.15) is 0 Å². The van der Waals surface area contributed by atoms with Crippen molar-refractivity contribution >= 4 is 34.4 Å². The zero-order valence-electron chi connectivity index (χ0n) is 19.0. The van der Waals surface area contributed by atoms with Crippen LogP contribution in [0.3, 0.4) is 0 Å². The summed E-state index contributed by atoms with van der Waals surface area (Å²) in [6.45, 7) is 4.19. The number of hydrogen-bond donors (Lipinski definition) is 3. The fraction of sp³-hybridized carbons (Fsp3) is 0.308. The molecule has 3 aromatic heterocycles. The summed E-state index contributed by atoms with van der Waals surface area (Å²) in [5.74, 6) is 0.783. The van der Waals surface area contributed by atoms with Gasteiger partial charge in [-0.25, -0.2) is 4.98 Å². The van der Waals surface area contributed by atoms with E-state index in [1.165, 1.54) is 0 Å². The van der Waals surface area contributed by atoms with Gasteiger partial charge in [0.25, 0.3) is 5.91 Å². The number of carbonyl (C=O) groups excluding carboxylic acids is 1. The van der Waals surface area contributed by atoms with Crippen LogP contribution < -0.4 is 16.4 Å². The van der Waals surface area contributed by atoms with E-state index in [2.05, 4.69) is 48.7 Å². The lowest BCUT2D eigenvalue weighted by atomic mass is 9.91. The summed E-state index contributed by atoms with van der Waals surface area (Å²) < 4.78 is 1.99. The van der Waals surface area contributed by atoms with E-state index in [-0.39, 0.29) is 18.0 Å². The van der Waals surface area contributed by atoms with E-state index >= 15 is 0 Å². The molecule has 4 aromatic rings. The van der Waals surface area contributed by atoms with Gasteiger partial charge < -0.3 is 16.4 Å². The smallest absolute Gasteiger partial charge is 0.255 e. The van der Waals surface area contributed by atoms with E-state index < -0.39 is 0 Å². The minimum atomic E-state index is -0.0811. The number of amides is 1. The van der Waals surface area contributed by atoms with Crippen LogP contribution in [-0.2, 0) is 0 Å². The second-order valence-electron chi connectivity index (χ2n) is 8.88. The number of rotatable bonds is 5. The Balaban J connectivity index is 1.57. The number of fused-ring (bicyclic) bond motifs is 1. The van der Waals surface area contributed by atoms with E-state index in [1.54, 1.807) is 11.3 Å². The molecule has 4 N–H and O–H groups in total. The number of pyridine rings is 1. The number of nitrogens with zero attached hydrogens (tertiary/aromatic N) is 2. The third-order valence-electron chi connectivity index (χ3n) is 6.48. The Labute approximate surface area is 197 Å². The predicted molar refractivity (Wildman–Crippen MR) is 135 cm³/mol. The number of anilines is 2. The first-order valence-corrected chi connectivity index (χ1v) is 12.3. The van der Waals surface area contributed by atoms with Crippen molar-refractivity contribution in [2.75, 3.05) is 5.32 Å². The van der Waals surface area contributed by atoms with E-state index in [1.807, 2.05) is 34.2 Å². The summed E-state index contributed by atoms with van der Waals surface area (Å²) in [6.07, 6.45) is 5.70. The van der Waals surface area contributed by atoms with Gasteiger partial charge in [0.1, 0.15) is 11.5 Å². The Morgan fingerprint density at radius 3 is 2.52 bits per heavy atom. The molecular weight excluding hydrogens is 430 g/mol. The summed E-state index contributed by atoms with van der Waals surface area (Å²) in [6, 6.07) is 14.5.